The Labute approximate surface area is 168 Å². The number of fused-ring (bicyclic) bond motifs is 1. The normalized spacial score (nSPS) is 16.0. The molecule has 7 heteroatoms. The Bertz CT molecular complexity index is 985. The molecule has 29 heavy (non-hydrogen) atoms. The highest BCUT2D eigenvalue weighted by atomic mass is 16.3. The number of hydrogen-bond acceptors (Lipinski definition) is 5. The van der Waals surface area contributed by atoms with Crippen LogP contribution in [0.5, 0.6) is 0 Å². The van der Waals surface area contributed by atoms with Crippen LogP contribution in [0.15, 0.2) is 52.9 Å². The van der Waals surface area contributed by atoms with E-state index in [0.29, 0.717) is 37.5 Å². The van der Waals surface area contributed by atoms with Crippen molar-refractivity contribution in [1.82, 2.24) is 9.88 Å². The molecule has 0 saturated carbocycles. The number of aromatic nitrogens is 1. The zero-order chi connectivity index (χ0) is 20.4. The monoisotopic (exact) mass is 393 g/mol. The quantitative estimate of drug-likeness (QED) is 0.710. The van der Waals surface area contributed by atoms with Gasteiger partial charge in [0, 0.05) is 30.3 Å². The van der Waals surface area contributed by atoms with E-state index < -0.39 is 6.10 Å². The van der Waals surface area contributed by atoms with Gasteiger partial charge in [-0.25, -0.2) is 4.98 Å². The number of amides is 2. The number of carbonyl (C=O) groups excluding carboxylic acids is 2. The van der Waals surface area contributed by atoms with E-state index in [4.69, 9.17) is 4.42 Å². The molecule has 0 aliphatic carbocycles. The number of piperidine rings is 1. The SMILES string of the molecule is CC(O)C(=O)N1CCC(C(=O)Nc2ccc(-c3nc4ccccc4o3)cc2)CC1. The third-order valence-corrected chi connectivity index (χ3v) is 5.23. The van der Waals surface area contributed by atoms with E-state index in [-0.39, 0.29) is 17.7 Å². The summed E-state index contributed by atoms with van der Waals surface area (Å²) < 4.78 is 5.77. The molecule has 2 N–H and O–H groups in total. The zero-order valence-corrected chi connectivity index (χ0v) is 16.2. The average Bonchev–Trinajstić information content (AvgIpc) is 3.18. The maximum atomic E-state index is 12.6. The summed E-state index contributed by atoms with van der Waals surface area (Å²) in [7, 11) is 0. The minimum Gasteiger partial charge on any atom is -0.436 e. The maximum absolute atomic E-state index is 12.6. The summed E-state index contributed by atoms with van der Waals surface area (Å²) in [6.07, 6.45) is 0.177. The predicted octanol–water partition coefficient (Wildman–Crippen LogP) is 3.05. The van der Waals surface area contributed by atoms with Gasteiger partial charge in [0.25, 0.3) is 5.91 Å². The second-order valence-corrected chi connectivity index (χ2v) is 7.33. The number of anilines is 1. The molecule has 1 unspecified atom stereocenters. The highest BCUT2D eigenvalue weighted by Gasteiger charge is 2.28. The molecule has 0 radical (unpaired) electrons. The highest BCUT2D eigenvalue weighted by Crippen LogP contribution is 2.26. The summed E-state index contributed by atoms with van der Waals surface area (Å²) in [5.74, 6) is 0.0615. The minimum atomic E-state index is -1.000. The molecule has 0 bridgehead atoms. The van der Waals surface area contributed by atoms with Gasteiger partial charge in [-0.1, -0.05) is 12.1 Å². The molecule has 1 aromatic heterocycles. The lowest BCUT2D eigenvalue weighted by Gasteiger charge is -2.32. The molecule has 2 heterocycles. The fourth-order valence-corrected chi connectivity index (χ4v) is 3.56. The van der Waals surface area contributed by atoms with Crippen molar-refractivity contribution in [2.24, 2.45) is 5.92 Å². The number of likely N-dealkylation sites (tertiary alicyclic amines) is 1. The van der Waals surface area contributed by atoms with Crippen LogP contribution in [-0.2, 0) is 9.59 Å². The summed E-state index contributed by atoms with van der Waals surface area (Å²) >= 11 is 0. The van der Waals surface area contributed by atoms with Crippen molar-refractivity contribution in [2.45, 2.75) is 25.9 Å². The van der Waals surface area contributed by atoms with Gasteiger partial charge in [0.2, 0.25) is 11.8 Å². The van der Waals surface area contributed by atoms with E-state index in [9.17, 15) is 14.7 Å². The third-order valence-electron chi connectivity index (χ3n) is 5.23. The van der Waals surface area contributed by atoms with Gasteiger partial charge in [0.05, 0.1) is 0 Å². The first kappa shape index (κ1) is 19.1. The van der Waals surface area contributed by atoms with Crippen LogP contribution >= 0.6 is 0 Å². The fourth-order valence-electron chi connectivity index (χ4n) is 3.56. The van der Waals surface area contributed by atoms with Gasteiger partial charge in [-0.05, 0) is 56.2 Å². The molecule has 1 aliphatic rings. The molecule has 3 aromatic rings. The topological polar surface area (TPSA) is 95.7 Å². The molecule has 7 nitrogen and oxygen atoms in total. The molecule has 1 saturated heterocycles. The number of carbonyl (C=O) groups is 2. The van der Waals surface area contributed by atoms with Gasteiger partial charge in [-0.3, -0.25) is 9.59 Å². The zero-order valence-electron chi connectivity index (χ0n) is 16.2. The molecular weight excluding hydrogens is 370 g/mol. The van der Waals surface area contributed by atoms with Crippen LogP contribution in [0.1, 0.15) is 19.8 Å². The van der Waals surface area contributed by atoms with E-state index >= 15 is 0 Å². The lowest BCUT2D eigenvalue weighted by atomic mass is 9.95. The smallest absolute Gasteiger partial charge is 0.251 e. The first-order chi connectivity index (χ1) is 14.0. The summed E-state index contributed by atoms with van der Waals surface area (Å²) in [6.45, 7) is 2.43. The van der Waals surface area contributed by atoms with Gasteiger partial charge < -0.3 is 19.7 Å². The van der Waals surface area contributed by atoms with E-state index in [1.54, 1.807) is 4.90 Å². The van der Waals surface area contributed by atoms with Crippen LogP contribution in [-0.4, -0.2) is 46.0 Å². The first-order valence-corrected chi connectivity index (χ1v) is 9.75. The van der Waals surface area contributed by atoms with Crippen LogP contribution < -0.4 is 5.32 Å². The second-order valence-electron chi connectivity index (χ2n) is 7.33. The first-order valence-electron chi connectivity index (χ1n) is 9.75. The van der Waals surface area contributed by atoms with Crippen molar-refractivity contribution in [1.29, 1.82) is 0 Å². The molecule has 2 amide bonds. The standard InChI is InChI=1S/C22H23N3O4/c1-14(26)22(28)25-12-10-15(11-13-25)20(27)23-17-8-6-16(7-9-17)21-24-18-4-2-3-5-19(18)29-21/h2-9,14-15,26H,10-13H2,1H3,(H,23,27). The number of aliphatic hydroxyl groups excluding tert-OH is 1. The largest absolute Gasteiger partial charge is 0.436 e. The van der Waals surface area contributed by atoms with Crippen LogP contribution in [0.4, 0.5) is 5.69 Å². The molecular formula is C22H23N3O4. The summed E-state index contributed by atoms with van der Waals surface area (Å²) in [5.41, 5.74) is 3.09. The van der Waals surface area contributed by atoms with Crippen LogP contribution in [0.3, 0.4) is 0 Å². The number of hydrogen-bond donors (Lipinski definition) is 2. The van der Waals surface area contributed by atoms with Crippen molar-refractivity contribution >= 4 is 28.6 Å². The highest BCUT2D eigenvalue weighted by molar-refractivity contribution is 5.93. The lowest BCUT2D eigenvalue weighted by molar-refractivity contribution is -0.141. The van der Waals surface area contributed by atoms with Crippen molar-refractivity contribution < 1.29 is 19.1 Å². The molecule has 0 spiro atoms. The Balaban J connectivity index is 1.36. The summed E-state index contributed by atoms with van der Waals surface area (Å²) in [4.78, 5) is 30.5. The van der Waals surface area contributed by atoms with E-state index in [2.05, 4.69) is 10.3 Å². The number of rotatable bonds is 4. The van der Waals surface area contributed by atoms with E-state index in [1.165, 1.54) is 6.92 Å². The van der Waals surface area contributed by atoms with Gasteiger partial charge in [-0.2, -0.15) is 0 Å². The van der Waals surface area contributed by atoms with Crippen LogP contribution in [0.25, 0.3) is 22.6 Å². The predicted molar refractivity (Wildman–Crippen MR) is 109 cm³/mol. The maximum Gasteiger partial charge on any atom is 0.251 e. The van der Waals surface area contributed by atoms with E-state index in [1.807, 2.05) is 48.5 Å². The molecule has 1 aliphatic heterocycles. The second kappa shape index (κ2) is 8.05. The fraction of sp³-hybridized carbons (Fsp3) is 0.318. The van der Waals surface area contributed by atoms with Crippen molar-refractivity contribution in [2.75, 3.05) is 18.4 Å². The lowest BCUT2D eigenvalue weighted by Crippen LogP contribution is -2.44. The number of benzene rings is 2. The Morgan fingerprint density at radius 2 is 1.83 bits per heavy atom. The Hall–Kier alpha value is -3.19. The molecule has 1 fully saturated rings. The Morgan fingerprint density at radius 3 is 2.48 bits per heavy atom. The van der Waals surface area contributed by atoms with Gasteiger partial charge in [0.1, 0.15) is 11.6 Å². The van der Waals surface area contributed by atoms with Gasteiger partial charge in [-0.15, -0.1) is 0 Å². The van der Waals surface area contributed by atoms with Gasteiger partial charge in [0.15, 0.2) is 5.58 Å². The Morgan fingerprint density at radius 1 is 1.14 bits per heavy atom. The molecule has 1 atom stereocenters. The Kier molecular flexibility index (Phi) is 5.31. The number of nitrogens with zero attached hydrogens (tertiary/aromatic N) is 2. The summed E-state index contributed by atoms with van der Waals surface area (Å²) in [5, 5.41) is 12.3. The van der Waals surface area contributed by atoms with Crippen molar-refractivity contribution in [3.8, 4) is 11.5 Å². The number of para-hydroxylation sites is 2. The van der Waals surface area contributed by atoms with Gasteiger partial charge >= 0.3 is 0 Å². The number of oxazole rings is 1. The number of nitrogens with one attached hydrogen (secondary N) is 1. The third kappa shape index (κ3) is 4.14. The van der Waals surface area contributed by atoms with Crippen LogP contribution in [0, 0.1) is 5.92 Å². The van der Waals surface area contributed by atoms with E-state index in [0.717, 1.165) is 16.7 Å². The molecule has 150 valence electrons. The van der Waals surface area contributed by atoms with Crippen molar-refractivity contribution in [3.63, 3.8) is 0 Å². The minimum absolute atomic E-state index is 0.0521. The van der Waals surface area contributed by atoms with Crippen LogP contribution in [0.2, 0.25) is 0 Å². The average molecular weight is 393 g/mol. The summed E-state index contributed by atoms with van der Waals surface area (Å²) in [6, 6.07) is 15.0. The van der Waals surface area contributed by atoms with Crippen molar-refractivity contribution in [3.05, 3.63) is 48.5 Å². The molecule has 4 rings (SSSR count). The number of aliphatic hydroxyl groups is 1. The molecule has 2 aromatic carbocycles.